The number of fused-ring (bicyclic) bond motifs is 1. The lowest BCUT2D eigenvalue weighted by Gasteiger charge is -2.35. The number of likely N-dealkylation sites (N-methyl/N-ethyl adjacent to an activating group) is 1. The van der Waals surface area contributed by atoms with E-state index in [1.165, 1.54) is 7.05 Å². The first-order chi connectivity index (χ1) is 17.8. The number of carbonyl (C=O) groups excluding carboxylic acids is 4. The Bertz CT molecular complexity index is 1220. The second kappa shape index (κ2) is 9.73. The van der Waals surface area contributed by atoms with Gasteiger partial charge in [-0.05, 0) is 19.3 Å². The van der Waals surface area contributed by atoms with E-state index >= 15 is 0 Å². The molecule has 1 spiro atoms. The highest BCUT2D eigenvalue weighted by Gasteiger charge is 2.57. The summed E-state index contributed by atoms with van der Waals surface area (Å²) >= 11 is 0. The third-order valence-corrected chi connectivity index (χ3v) is 6.86. The summed E-state index contributed by atoms with van der Waals surface area (Å²) in [6, 6.07) is -0.959. The molecule has 2 fully saturated rings. The van der Waals surface area contributed by atoms with Gasteiger partial charge in [0, 0.05) is 19.5 Å². The lowest BCUT2D eigenvalue weighted by atomic mass is 9.97. The molecule has 1 aromatic rings. The molecule has 1 saturated heterocycles. The van der Waals surface area contributed by atoms with E-state index in [0.717, 1.165) is 41.8 Å². The Kier molecular flexibility index (Phi) is 6.94. The first kappa shape index (κ1) is 27.1. The number of anilines is 1. The van der Waals surface area contributed by atoms with Crippen LogP contribution >= 0.6 is 0 Å². The Hall–Kier alpha value is -3.96. The highest BCUT2D eigenvalue weighted by Crippen LogP contribution is 2.41. The van der Waals surface area contributed by atoms with E-state index in [4.69, 9.17) is 4.74 Å². The van der Waals surface area contributed by atoms with Gasteiger partial charge in [0.1, 0.15) is 23.9 Å². The van der Waals surface area contributed by atoms with E-state index in [2.05, 4.69) is 10.3 Å². The molecule has 4 rings (SSSR count). The number of ether oxygens (including phenoxy) is 1. The van der Waals surface area contributed by atoms with Gasteiger partial charge in [-0.25, -0.2) is 9.37 Å². The Labute approximate surface area is 214 Å². The van der Waals surface area contributed by atoms with Gasteiger partial charge in [0.15, 0.2) is 11.6 Å². The third kappa shape index (κ3) is 5.20. The number of amides is 4. The normalized spacial score (nSPS) is 24.0. The number of carbonyl (C=O) groups is 4. The molecule has 1 aromatic heterocycles. The van der Waals surface area contributed by atoms with Crippen LogP contribution in [0.5, 0.6) is 5.75 Å². The number of hydrogen-bond acceptors (Lipinski definition) is 7. The summed E-state index contributed by atoms with van der Waals surface area (Å²) in [5.74, 6) is -5.38. The number of hydrogen-bond donors (Lipinski definition) is 2. The maximum Gasteiger partial charge on any atom is 0.471 e. The van der Waals surface area contributed by atoms with Crippen molar-refractivity contribution in [2.24, 2.45) is 5.92 Å². The number of nitriles is 1. The number of nitrogens with one attached hydrogen (secondary N) is 2. The van der Waals surface area contributed by atoms with Crippen LogP contribution in [0.1, 0.15) is 32.6 Å². The summed E-state index contributed by atoms with van der Waals surface area (Å²) in [6.45, 7) is 0.671. The first-order valence-corrected chi connectivity index (χ1v) is 11.8. The summed E-state index contributed by atoms with van der Waals surface area (Å²) < 4.78 is 57.5. The molecule has 3 aliphatic rings. The first-order valence-electron chi connectivity index (χ1n) is 11.8. The van der Waals surface area contributed by atoms with Crippen molar-refractivity contribution < 1.29 is 41.5 Å². The monoisotopic (exact) mass is 540 g/mol. The van der Waals surface area contributed by atoms with Crippen molar-refractivity contribution >= 4 is 29.4 Å². The minimum Gasteiger partial charge on any atom is -0.471 e. The van der Waals surface area contributed by atoms with Gasteiger partial charge in [-0.1, -0.05) is 12.8 Å². The van der Waals surface area contributed by atoms with E-state index in [0.29, 0.717) is 0 Å². The highest BCUT2D eigenvalue weighted by atomic mass is 19.4. The Morgan fingerprint density at radius 2 is 2.08 bits per heavy atom. The Morgan fingerprint density at radius 1 is 1.39 bits per heavy atom. The molecule has 4 atom stereocenters. The van der Waals surface area contributed by atoms with E-state index in [-0.39, 0.29) is 30.3 Å². The molecule has 15 heteroatoms. The number of rotatable bonds is 6. The van der Waals surface area contributed by atoms with Crippen LogP contribution in [-0.2, 0) is 19.2 Å². The predicted molar refractivity (Wildman–Crippen MR) is 119 cm³/mol. The lowest BCUT2D eigenvalue weighted by molar-refractivity contribution is -0.175. The van der Waals surface area contributed by atoms with Gasteiger partial charge < -0.3 is 25.2 Å². The maximum atomic E-state index is 13.7. The molecule has 4 amide bonds. The van der Waals surface area contributed by atoms with Crippen LogP contribution in [0.2, 0.25) is 0 Å². The molecule has 0 unspecified atom stereocenters. The van der Waals surface area contributed by atoms with Gasteiger partial charge in [0.2, 0.25) is 17.4 Å². The van der Waals surface area contributed by atoms with Crippen LogP contribution < -0.4 is 15.4 Å². The summed E-state index contributed by atoms with van der Waals surface area (Å²) in [4.78, 5) is 56.7. The lowest BCUT2D eigenvalue weighted by Crippen LogP contribution is -2.57. The molecule has 2 aliphatic heterocycles. The summed E-state index contributed by atoms with van der Waals surface area (Å²) in [5.41, 5.74) is -1.72. The molecule has 0 radical (unpaired) electrons. The molecule has 1 saturated carbocycles. The summed E-state index contributed by atoms with van der Waals surface area (Å²) in [6.07, 6.45) is -2.83. The number of likely N-dealkylation sites (tertiary alicyclic amines) is 1. The fourth-order valence-corrected chi connectivity index (χ4v) is 4.61. The second-order valence-corrected chi connectivity index (χ2v) is 9.70. The quantitative estimate of drug-likeness (QED) is 0.515. The van der Waals surface area contributed by atoms with Crippen molar-refractivity contribution in [3.63, 3.8) is 0 Å². The molecular formula is C23H24F4N6O5. The largest absolute Gasteiger partial charge is 0.471 e. The van der Waals surface area contributed by atoms with Gasteiger partial charge in [0.05, 0.1) is 18.8 Å². The van der Waals surface area contributed by atoms with E-state index in [1.54, 1.807) is 5.32 Å². The van der Waals surface area contributed by atoms with Gasteiger partial charge in [-0.2, -0.15) is 18.4 Å². The number of pyridine rings is 1. The second-order valence-electron chi connectivity index (χ2n) is 9.70. The van der Waals surface area contributed by atoms with Crippen LogP contribution in [0.3, 0.4) is 0 Å². The van der Waals surface area contributed by atoms with Crippen LogP contribution in [0, 0.1) is 23.1 Å². The minimum atomic E-state index is -5.20. The van der Waals surface area contributed by atoms with Gasteiger partial charge >= 0.3 is 12.1 Å². The van der Waals surface area contributed by atoms with Crippen LogP contribution in [0.25, 0.3) is 0 Å². The molecule has 204 valence electrons. The predicted octanol–water partition coefficient (Wildman–Crippen LogP) is 1.11. The van der Waals surface area contributed by atoms with Gasteiger partial charge in [-0.15, -0.1) is 0 Å². The van der Waals surface area contributed by atoms with Crippen molar-refractivity contribution in [3.8, 4) is 11.8 Å². The van der Waals surface area contributed by atoms with Crippen LogP contribution in [0.4, 0.5) is 23.4 Å². The van der Waals surface area contributed by atoms with Crippen molar-refractivity contribution in [1.29, 1.82) is 5.26 Å². The minimum absolute atomic E-state index is 0.0212. The van der Waals surface area contributed by atoms with Crippen LogP contribution in [0.15, 0.2) is 12.3 Å². The van der Waals surface area contributed by atoms with Crippen molar-refractivity contribution in [1.82, 2.24) is 20.1 Å². The molecule has 11 nitrogen and oxygen atoms in total. The average Bonchev–Trinajstić information content (AvgIpc) is 3.60. The Morgan fingerprint density at radius 3 is 2.68 bits per heavy atom. The fraction of sp³-hybridized carbons (Fsp3) is 0.565. The average molecular weight is 540 g/mol. The van der Waals surface area contributed by atoms with Crippen molar-refractivity contribution in [3.05, 3.63) is 18.1 Å². The molecular weight excluding hydrogens is 516 g/mol. The number of halogens is 4. The zero-order valence-corrected chi connectivity index (χ0v) is 20.3. The standard InChI is InChI=1S/C23H24F4N6O5/c1-11(30-21(37)23(25,26)27)18(34)32(2)15(5-12-3-4-12)19(35)33-10-22(7-14(33)8-28)20(36)31-17-16(38-22)6-13(24)9-29-17/h6,9,11-12,14-15H,3-5,7,10H2,1-2H3,(H,30,37)(H,29,31,36)/t11-,14-,15-,22+/m0/s1. The molecule has 3 heterocycles. The number of alkyl halides is 3. The zero-order valence-electron chi connectivity index (χ0n) is 20.3. The fourth-order valence-electron chi connectivity index (χ4n) is 4.61. The topological polar surface area (TPSA) is 145 Å². The zero-order chi connectivity index (χ0) is 28.0. The molecule has 0 bridgehead atoms. The summed E-state index contributed by atoms with van der Waals surface area (Å²) in [5, 5.41) is 13.8. The number of aromatic nitrogens is 1. The van der Waals surface area contributed by atoms with Gasteiger partial charge in [-0.3, -0.25) is 19.2 Å². The highest BCUT2D eigenvalue weighted by molar-refractivity contribution is 6.01. The van der Waals surface area contributed by atoms with E-state index in [1.807, 2.05) is 6.07 Å². The van der Waals surface area contributed by atoms with Gasteiger partial charge in [0.25, 0.3) is 5.91 Å². The maximum absolute atomic E-state index is 13.7. The molecule has 2 N–H and O–H groups in total. The smallest absolute Gasteiger partial charge is 0.471 e. The van der Waals surface area contributed by atoms with Crippen molar-refractivity contribution in [2.75, 3.05) is 18.9 Å². The van der Waals surface area contributed by atoms with Crippen LogP contribution in [-0.4, -0.2) is 81.9 Å². The SMILES string of the molecule is C[C@H](NC(=O)C(F)(F)F)C(=O)N(C)[C@@H](CC1CC1)C(=O)N1C[C@@]2(C[C@H]1C#N)Oc1cc(F)cnc1NC2=O. The molecule has 1 aliphatic carbocycles. The van der Waals surface area contributed by atoms with Crippen molar-refractivity contribution in [2.45, 2.75) is 62.5 Å². The number of nitrogens with zero attached hydrogens (tertiary/aromatic N) is 4. The molecule has 0 aromatic carbocycles. The molecule has 38 heavy (non-hydrogen) atoms. The van der Waals surface area contributed by atoms with E-state index < -0.39 is 65.9 Å². The van der Waals surface area contributed by atoms with E-state index in [9.17, 15) is 42.0 Å². The summed E-state index contributed by atoms with van der Waals surface area (Å²) in [7, 11) is 1.23. The Balaban J connectivity index is 1.56. The third-order valence-electron chi connectivity index (χ3n) is 6.86.